The van der Waals surface area contributed by atoms with Gasteiger partial charge in [0.15, 0.2) is 12.1 Å². The van der Waals surface area contributed by atoms with Gasteiger partial charge in [0, 0.05) is 19.3 Å². The molecular weight excluding hydrogens is 799 g/mol. The van der Waals surface area contributed by atoms with E-state index in [0.29, 0.717) is 19.3 Å². The molecule has 0 aromatic heterocycles. The molecule has 0 bridgehead atoms. The number of carbonyl (C=O) groups is 3. The third kappa shape index (κ3) is 43.3. The minimum atomic E-state index is -0.886. The number of hydrogen-bond donors (Lipinski definition) is 1. The molecule has 0 radical (unpaired) electrons. The molecule has 0 aliphatic rings. The smallest absolute Gasteiger partial charge is 0.362 e. The summed E-state index contributed by atoms with van der Waals surface area (Å²) in [5, 5.41) is 9.65. The molecule has 0 saturated heterocycles. The molecule has 8 heteroatoms. The highest BCUT2D eigenvalue weighted by atomic mass is 16.6. The molecule has 0 saturated carbocycles. The Morgan fingerprint density at radius 3 is 1.41 bits per heavy atom. The van der Waals surface area contributed by atoms with E-state index in [-0.39, 0.29) is 36.2 Å². The van der Waals surface area contributed by atoms with Crippen molar-refractivity contribution in [1.29, 1.82) is 0 Å². The maximum atomic E-state index is 12.8. The van der Waals surface area contributed by atoms with E-state index < -0.39 is 18.1 Å². The van der Waals surface area contributed by atoms with Crippen molar-refractivity contribution in [2.45, 2.75) is 187 Å². The van der Waals surface area contributed by atoms with Gasteiger partial charge in [0.05, 0.1) is 34.4 Å². The Labute approximate surface area is 391 Å². The van der Waals surface area contributed by atoms with Gasteiger partial charge in [0.25, 0.3) is 0 Å². The lowest BCUT2D eigenvalue weighted by molar-refractivity contribution is -0.887. The van der Waals surface area contributed by atoms with Crippen LogP contribution >= 0.6 is 0 Å². The van der Waals surface area contributed by atoms with Crippen LogP contribution in [0.2, 0.25) is 0 Å². The summed E-state index contributed by atoms with van der Waals surface area (Å²) in [5.41, 5.74) is 0. The number of hydrogen-bond acceptors (Lipinski definition) is 6. The number of unbranched alkanes of at least 4 members (excludes halogenated alkanes) is 17. The van der Waals surface area contributed by atoms with Crippen molar-refractivity contribution >= 4 is 17.9 Å². The van der Waals surface area contributed by atoms with E-state index in [2.05, 4.69) is 50.3 Å². The Bertz CT molecular complexity index is 1410. The summed E-state index contributed by atoms with van der Waals surface area (Å²) in [5.74, 6) is -1.54. The third-order valence-electron chi connectivity index (χ3n) is 10.6. The number of allylic oxidation sites excluding steroid dienone is 18. The first kappa shape index (κ1) is 60.0. The van der Waals surface area contributed by atoms with Crippen LogP contribution in [0.5, 0.6) is 0 Å². The molecule has 0 heterocycles. The van der Waals surface area contributed by atoms with Gasteiger partial charge in [-0.2, -0.15) is 0 Å². The molecule has 0 amide bonds. The quantitative estimate of drug-likeness (QED) is 0.0214. The molecular formula is C56H92NO7+. The number of ether oxygens (including phenoxy) is 3. The number of carbonyl (C=O) groups excluding carboxylic acids is 2. The molecule has 0 fully saturated rings. The fraction of sp³-hybridized carbons (Fsp3) is 0.625. The molecule has 362 valence electrons. The molecule has 8 nitrogen and oxygen atoms in total. The molecule has 0 aliphatic heterocycles. The van der Waals surface area contributed by atoms with E-state index in [1.54, 1.807) is 0 Å². The zero-order chi connectivity index (χ0) is 47.0. The van der Waals surface area contributed by atoms with Crippen LogP contribution in [-0.4, -0.2) is 80.6 Å². The minimum Gasteiger partial charge on any atom is -0.477 e. The Hall–Kier alpha value is -4.01. The summed E-state index contributed by atoms with van der Waals surface area (Å²) < 4.78 is 17.3. The highest BCUT2D eigenvalue weighted by Gasteiger charge is 2.31. The van der Waals surface area contributed by atoms with E-state index in [4.69, 9.17) is 14.2 Å². The van der Waals surface area contributed by atoms with Crippen molar-refractivity contribution < 1.29 is 38.2 Å². The summed E-state index contributed by atoms with van der Waals surface area (Å²) in [6.07, 6.45) is 62.8. The molecule has 0 spiro atoms. The number of esters is 2. The fourth-order valence-electron chi connectivity index (χ4n) is 6.82. The van der Waals surface area contributed by atoms with Crippen LogP contribution in [0.4, 0.5) is 0 Å². The van der Waals surface area contributed by atoms with Gasteiger partial charge in [0.1, 0.15) is 6.61 Å². The average Bonchev–Trinajstić information content (AvgIpc) is 3.26. The van der Waals surface area contributed by atoms with Gasteiger partial charge in [-0.05, 0) is 57.8 Å². The standard InChI is InChI=1S/C56H91NO7/c1-6-8-10-12-14-16-18-20-22-24-26-27-29-31-33-35-37-39-41-43-45-47-55(59)64-52(50-62-49-48-53(56(60)61)57(3,4)5)51-63-54(58)46-44-42-40-38-36-34-32-30-28-25-23-21-19-17-15-13-11-9-7-2/h8-11,13-17,19,21,23,25,28,30,32,34,36,52-53H,6-7,12,18,20,22,24,26-27,29,31,33,35,37-51H2,1-5H3/p+1/b10-8+,11-9+,15-13+,16-14+,19-17+,23-21+,28-25+,32-30+,36-34+. The second-order valence-corrected chi connectivity index (χ2v) is 17.5. The lowest BCUT2D eigenvalue weighted by Gasteiger charge is -2.31. The van der Waals surface area contributed by atoms with Gasteiger partial charge in [-0.25, -0.2) is 4.79 Å². The van der Waals surface area contributed by atoms with E-state index in [9.17, 15) is 19.5 Å². The summed E-state index contributed by atoms with van der Waals surface area (Å²) in [4.78, 5) is 37.1. The number of carboxylic acids is 1. The predicted octanol–water partition coefficient (Wildman–Crippen LogP) is 14.4. The van der Waals surface area contributed by atoms with E-state index in [0.717, 1.165) is 64.2 Å². The number of aliphatic carboxylic acids is 1. The second-order valence-electron chi connectivity index (χ2n) is 17.5. The number of rotatable bonds is 43. The highest BCUT2D eigenvalue weighted by Crippen LogP contribution is 2.15. The minimum absolute atomic E-state index is 0.0395. The molecule has 0 rings (SSSR count). The molecule has 1 N–H and O–H groups in total. The highest BCUT2D eigenvalue weighted by molar-refractivity contribution is 5.72. The zero-order valence-corrected chi connectivity index (χ0v) is 41.2. The lowest BCUT2D eigenvalue weighted by atomic mass is 10.0. The van der Waals surface area contributed by atoms with Gasteiger partial charge in [-0.1, -0.05) is 207 Å². The van der Waals surface area contributed by atoms with Crippen molar-refractivity contribution in [3.63, 3.8) is 0 Å². The van der Waals surface area contributed by atoms with Crippen molar-refractivity contribution in [2.24, 2.45) is 0 Å². The molecule has 0 aliphatic carbocycles. The van der Waals surface area contributed by atoms with Crippen LogP contribution in [0.1, 0.15) is 174 Å². The first-order valence-corrected chi connectivity index (χ1v) is 25.0. The first-order chi connectivity index (χ1) is 31.1. The zero-order valence-electron chi connectivity index (χ0n) is 41.2. The van der Waals surface area contributed by atoms with Crippen molar-refractivity contribution in [3.05, 3.63) is 109 Å². The Morgan fingerprint density at radius 1 is 0.484 bits per heavy atom. The summed E-state index contributed by atoms with van der Waals surface area (Å²) in [7, 11) is 5.51. The summed E-state index contributed by atoms with van der Waals surface area (Å²) in [6, 6.07) is -0.629. The van der Waals surface area contributed by atoms with Crippen LogP contribution in [0.25, 0.3) is 0 Å². The number of carboxylic acid groups (broad SMARTS) is 1. The van der Waals surface area contributed by atoms with E-state index in [1.807, 2.05) is 94.1 Å². The predicted molar refractivity (Wildman–Crippen MR) is 270 cm³/mol. The monoisotopic (exact) mass is 891 g/mol. The summed E-state index contributed by atoms with van der Waals surface area (Å²) in [6.45, 7) is 4.43. The van der Waals surface area contributed by atoms with Crippen LogP contribution in [0, 0.1) is 0 Å². The Balaban J connectivity index is 4.36. The fourth-order valence-corrected chi connectivity index (χ4v) is 6.82. The lowest BCUT2D eigenvalue weighted by Crippen LogP contribution is -2.50. The molecule has 64 heavy (non-hydrogen) atoms. The van der Waals surface area contributed by atoms with Crippen LogP contribution < -0.4 is 0 Å². The van der Waals surface area contributed by atoms with Crippen molar-refractivity contribution in [1.82, 2.24) is 0 Å². The summed E-state index contributed by atoms with van der Waals surface area (Å²) >= 11 is 0. The van der Waals surface area contributed by atoms with Gasteiger partial charge >= 0.3 is 17.9 Å². The van der Waals surface area contributed by atoms with Gasteiger partial charge in [-0.3, -0.25) is 9.59 Å². The third-order valence-corrected chi connectivity index (χ3v) is 10.6. The van der Waals surface area contributed by atoms with Gasteiger partial charge in [-0.15, -0.1) is 0 Å². The number of nitrogens with zero attached hydrogens (tertiary/aromatic N) is 1. The van der Waals surface area contributed by atoms with Crippen LogP contribution in [0.15, 0.2) is 109 Å². The maximum Gasteiger partial charge on any atom is 0.362 e. The molecule has 0 aromatic carbocycles. The Kier molecular flexibility index (Phi) is 42.7. The normalized spacial score (nSPS) is 13.8. The maximum absolute atomic E-state index is 12.8. The Morgan fingerprint density at radius 2 is 0.906 bits per heavy atom. The average molecular weight is 891 g/mol. The number of likely N-dealkylation sites (N-methyl/N-ethyl adjacent to an activating group) is 1. The second kappa shape index (κ2) is 45.6. The SMILES string of the molecule is CC/C=C/C=C/C=C/C=C/C=C/C=C/C=C/CCCCCC(=O)OCC(COCCC(C(=O)O)[N+](C)(C)C)OC(=O)CCCCCCCCCCCCCCCC/C=C/C/C=C/CC. The van der Waals surface area contributed by atoms with Crippen molar-refractivity contribution in [3.8, 4) is 0 Å². The molecule has 2 unspecified atom stereocenters. The van der Waals surface area contributed by atoms with E-state index in [1.165, 1.54) is 77.0 Å². The number of quaternary nitrogens is 1. The van der Waals surface area contributed by atoms with Gasteiger partial charge in [0.2, 0.25) is 0 Å². The molecule has 2 atom stereocenters. The van der Waals surface area contributed by atoms with Crippen LogP contribution in [0.3, 0.4) is 0 Å². The van der Waals surface area contributed by atoms with E-state index >= 15 is 0 Å². The van der Waals surface area contributed by atoms with Crippen molar-refractivity contribution in [2.75, 3.05) is 41.0 Å². The van der Waals surface area contributed by atoms with Crippen LogP contribution in [-0.2, 0) is 28.6 Å². The largest absolute Gasteiger partial charge is 0.477 e. The molecule has 0 aromatic rings. The topological polar surface area (TPSA) is 99.1 Å². The first-order valence-electron chi connectivity index (χ1n) is 25.0. The van der Waals surface area contributed by atoms with Gasteiger partial charge < -0.3 is 23.8 Å².